The van der Waals surface area contributed by atoms with Crippen molar-refractivity contribution in [2.45, 2.75) is 32.9 Å². The Morgan fingerprint density at radius 1 is 1.29 bits per heavy atom. The maximum absolute atomic E-state index is 13.4. The van der Waals surface area contributed by atoms with Crippen LogP contribution in [0.25, 0.3) is 0 Å². The second kappa shape index (κ2) is 6.77. The monoisotopic (exact) mass is 329 g/mol. The molecule has 114 valence electrons. The molecule has 2 rings (SSSR count). The van der Waals surface area contributed by atoms with E-state index in [1.54, 1.807) is 18.3 Å². The molecule has 1 N–H and O–H groups in total. The Morgan fingerprint density at radius 3 is 2.57 bits per heavy atom. The number of hydrogen-bond donors (Lipinski definition) is 1. The Morgan fingerprint density at radius 2 is 2.00 bits per heavy atom. The minimum absolute atomic E-state index is 0.0992. The van der Waals surface area contributed by atoms with Gasteiger partial charge >= 0.3 is 0 Å². The molecule has 0 aliphatic rings. The fourth-order valence-corrected chi connectivity index (χ4v) is 2.73. The molecule has 0 radical (unpaired) electrons. The summed E-state index contributed by atoms with van der Waals surface area (Å²) in [6.07, 6.45) is 1.63. The van der Waals surface area contributed by atoms with E-state index in [-0.39, 0.29) is 17.1 Å². The molecule has 6 heteroatoms. The Kier molecular flexibility index (Phi) is 5.25. The van der Waals surface area contributed by atoms with Crippen LogP contribution in [0.4, 0.5) is 4.39 Å². The molecule has 0 aliphatic heterocycles. The zero-order valence-electron chi connectivity index (χ0n) is 12.2. The van der Waals surface area contributed by atoms with Crippen molar-refractivity contribution in [2.24, 2.45) is 0 Å². The maximum Gasteiger partial charge on any atom is 0.141 e. The van der Waals surface area contributed by atoms with E-state index in [0.29, 0.717) is 5.02 Å². The number of benzene rings is 1. The second-order valence-corrected chi connectivity index (χ2v) is 5.89. The zero-order chi connectivity index (χ0) is 15.6. The molecule has 1 atom stereocenters. The predicted octanol–water partition coefficient (Wildman–Crippen LogP) is 4.61. The van der Waals surface area contributed by atoms with Crippen LogP contribution >= 0.6 is 23.2 Å². The molecule has 1 unspecified atom stereocenters. The van der Waals surface area contributed by atoms with Crippen LogP contribution in [0.1, 0.15) is 44.1 Å². The molecule has 0 bridgehead atoms. The summed E-state index contributed by atoms with van der Waals surface area (Å²) >= 11 is 12.2. The van der Waals surface area contributed by atoms with Gasteiger partial charge < -0.3 is 5.32 Å². The van der Waals surface area contributed by atoms with Crippen molar-refractivity contribution in [3.63, 3.8) is 0 Å². The van der Waals surface area contributed by atoms with Gasteiger partial charge in [-0.2, -0.15) is 5.10 Å². The van der Waals surface area contributed by atoms with Crippen molar-refractivity contribution in [3.05, 3.63) is 51.5 Å². The Balaban J connectivity index is 2.53. The van der Waals surface area contributed by atoms with Crippen LogP contribution in [-0.2, 0) is 0 Å². The first-order chi connectivity index (χ1) is 9.95. The van der Waals surface area contributed by atoms with Gasteiger partial charge in [-0.05, 0) is 38.1 Å². The fraction of sp³-hybridized carbons (Fsp3) is 0.400. The molecular formula is C15H18Cl2FN3. The summed E-state index contributed by atoms with van der Waals surface area (Å²) in [5.74, 6) is -0.431. The van der Waals surface area contributed by atoms with Gasteiger partial charge in [0.25, 0.3) is 0 Å². The third-order valence-electron chi connectivity index (χ3n) is 3.23. The molecule has 1 aromatic carbocycles. The third kappa shape index (κ3) is 3.39. The average molecular weight is 330 g/mol. The van der Waals surface area contributed by atoms with Crippen molar-refractivity contribution < 1.29 is 4.39 Å². The molecular weight excluding hydrogens is 312 g/mol. The summed E-state index contributed by atoms with van der Waals surface area (Å²) in [6, 6.07) is 4.68. The summed E-state index contributed by atoms with van der Waals surface area (Å²) in [5, 5.41) is 8.36. The molecule has 0 spiro atoms. The van der Waals surface area contributed by atoms with E-state index < -0.39 is 5.82 Å². The van der Waals surface area contributed by atoms with Gasteiger partial charge in [0, 0.05) is 6.04 Å². The zero-order valence-corrected chi connectivity index (χ0v) is 13.7. The van der Waals surface area contributed by atoms with Crippen LogP contribution in [0.15, 0.2) is 24.4 Å². The van der Waals surface area contributed by atoms with Gasteiger partial charge in [-0.15, -0.1) is 0 Å². The molecule has 0 amide bonds. The highest BCUT2D eigenvalue weighted by molar-refractivity contribution is 6.31. The van der Waals surface area contributed by atoms with E-state index in [9.17, 15) is 4.39 Å². The fourth-order valence-electron chi connectivity index (χ4n) is 2.30. The number of halogens is 3. The van der Waals surface area contributed by atoms with E-state index in [2.05, 4.69) is 10.4 Å². The number of aromatic nitrogens is 2. The molecule has 0 aliphatic carbocycles. The summed E-state index contributed by atoms with van der Waals surface area (Å²) in [5.41, 5.74) is 1.71. The van der Waals surface area contributed by atoms with Gasteiger partial charge in [-0.3, -0.25) is 4.68 Å². The number of nitrogens with one attached hydrogen (secondary N) is 1. The quantitative estimate of drug-likeness (QED) is 0.868. The van der Waals surface area contributed by atoms with Gasteiger partial charge in [0.2, 0.25) is 0 Å². The summed E-state index contributed by atoms with van der Waals surface area (Å²) in [7, 11) is 0. The number of nitrogens with zero attached hydrogens (tertiary/aromatic N) is 2. The van der Waals surface area contributed by atoms with Crippen molar-refractivity contribution >= 4 is 23.2 Å². The molecule has 3 nitrogen and oxygen atoms in total. The normalized spacial score (nSPS) is 12.9. The molecule has 0 fully saturated rings. The highest BCUT2D eigenvalue weighted by Gasteiger charge is 2.23. The lowest BCUT2D eigenvalue weighted by molar-refractivity contribution is 0.476. The van der Waals surface area contributed by atoms with E-state index in [1.165, 1.54) is 6.07 Å². The molecule has 1 aromatic heterocycles. The first-order valence-electron chi connectivity index (χ1n) is 6.87. The lowest BCUT2D eigenvalue weighted by Gasteiger charge is -2.22. The van der Waals surface area contributed by atoms with Crippen molar-refractivity contribution in [1.29, 1.82) is 0 Å². The van der Waals surface area contributed by atoms with Crippen molar-refractivity contribution in [2.75, 3.05) is 6.54 Å². The van der Waals surface area contributed by atoms with E-state index in [0.717, 1.165) is 17.8 Å². The summed E-state index contributed by atoms with van der Waals surface area (Å²) in [4.78, 5) is 0. The second-order valence-electron chi connectivity index (χ2n) is 5.08. The number of rotatable bonds is 5. The number of hydrogen-bond acceptors (Lipinski definition) is 2. The maximum atomic E-state index is 13.4. The average Bonchev–Trinajstić information content (AvgIpc) is 2.81. The molecule has 1 heterocycles. The highest BCUT2D eigenvalue weighted by Crippen LogP contribution is 2.31. The summed E-state index contributed by atoms with van der Waals surface area (Å²) in [6.45, 7) is 6.81. The highest BCUT2D eigenvalue weighted by atomic mass is 35.5. The standard InChI is InChI=1S/C15H18Cl2FN3/c1-4-19-14(10-5-6-13(18)11(16)7-10)15-12(17)8-20-21(15)9(2)3/h5-9,14,19H,4H2,1-3H3. The first kappa shape index (κ1) is 16.3. The Hall–Kier alpha value is -1.10. The molecule has 0 saturated carbocycles. The van der Waals surface area contributed by atoms with Crippen LogP contribution in [0.5, 0.6) is 0 Å². The van der Waals surface area contributed by atoms with Gasteiger partial charge in [-0.25, -0.2) is 4.39 Å². The smallest absolute Gasteiger partial charge is 0.141 e. The minimum atomic E-state index is -0.431. The van der Waals surface area contributed by atoms with E-state index in [1.807, 2.05) is 25.5 Å². The Bertz CT molecular complexity index is 625. The molecule has 21 heavy (non-hydrogen) atoms. The van der Waals surface area contributed by atoms with Crippen LogP contribution in [0, 0.1) is 5.82 Å². The molecule has 0 saturated heterocycles. The lowest BCUT2D eigenvalue weighted by atomic mass is 10.0. The third-order valence-corrected chi connectivity index (χ3v) is 3.82. The largest absolute Gasteiger partial charge is 0.305 e. The predicted molar refractivity (Wildman–Crippen MR) is 84.6 cm³/mol. The van der Waals surface area contributed by atoms with Gasteiger partial charge in [0.15, 0.2) is 0 Å². The SMILES string of the molecule is CCNC(c1ccc(F)c(Cl)c1)c1c(Cl)cnn1C(C)C. The van der Waals surface area contributed by atoms with Crippen molar-refractivity contribution in [3.8, 4) is 0 Å². The van der Waals surface area contributed by atoms with Crippen LogP contribution < -0.4 is 5.32 Å². The Labute approximate surface area is 134 Å². The summed E-state index contributed by atoms with van der Waals surface area (Å²) < 4.78 is 15.2. The van der Waals surface area contributed by atoms with Crippen LogP contribution in [0.2, 0.25) is 10.0 Å². The van der Waals surface area contributed by atoms with Gasteiger partial charge in [0.1, 0.15) is 5.82 Å². The van der Waals surface area contributed by atoms with Crippen LogP contribution in [-0.4, -0.2) is 16.3 Å². The minimum Gasteiger partial charge on any atom is -0.305 e. The topological polar surface area (TPSA) is 29.9 Å². The van der Waals surface area contributed by atoms with Gasteiger partial charge in [-0.1, -0.05) is 36.2 Å². The van der Waals surface area contributed by atoms with E-state index in [4.69, 9.17) is 23.2 Å². The van der Waals surface area contributed by atoms with Crippen molar-refractivity contribution in [1.82, 2.24) is 15.1 Å². The lowest BCUT2D eigenvalue weighted by Crippen LogP contribution is -2.26. The van der Waals surface area contributed by atoms with Crippen LogP contribution in [0.3, 0.4) is 0 Å². The molecule has 2 aromatic rings. The van der Waals surface area contributed by atoms with Gasteiger partial charge in [0.05, 0.1) is 28.0 Å². The first-order valence-corrected chi connectivity index (χ1v) is 7.62. The van der Waals surface area contributed by atoms with E-state index >= 15 is 0 Å².